The first-order valence-corrected chi connectivity index (χ1v) is 11.3. The van der Waals surface area contributed by atoms with Gasteiger partial charge in [-0.1, -0.05) is 15.9 Å². The zero-order valence-electron chi connectivity index (χ0n) is 17.4. The summed E-state index contributed by atoms with van der Waals surface area (Å²) in [5.41, 5.74) is 2.38. The SMILES string of the molecule is C[C@H]1CCCCN1C(=O)Cn1cc(/C=C2/C(=O)N(C)C(=S)N2C)c2cc(Br)ccc21. The van der Waals surface area contributed by atoms with Crippen LogP contribution in [0.4, 0.5) is 0 Å². The van der Waals surface area contributed by atoms with E-state index in [1.165, 1.54) is 11.3 Å². The number of nitrogens with zero attached hydrogens (tertiary/aromatic N) is 4. The number of halogens is 1. The summed E-state index contributed by atoms with van der Waals surface area (Å²) in [6.45, 7) is 3.23. The number of hydrogen-bond acceptors (Lipinski definition) is 3. The first-order chi connectivity index (χ1) is 14.3. The van der Waals surface area contributed by atoms with Crippen LogP contribution < -0.4 is 0 Å². The fourth-order valence-corrected chi connectivity index (χ4v) is 4.83. The summed E-state index contributed by atoms with van der Waals surface area (Å²) in [6.07, 6.45) is 7.12. The van der Waals surface area contributed by atoms with Crippen molar-refractivity contribution in [3.8, 4) is 0 Å². The fourth-order valence-electron chi connectivity index (χ4n) is 4.28. The van der Waals surface area contributed by atoms with Gasteiger partial charge >= 0.3 is 0 Å². The lowest BCUT2D eigenvalue weighted by Crippen LogP contribution is -2.43. The largest absolute Gasteiger partial charge is 0.338 e. The van der Waals surface area contributed by atoms with Crippen LogP contribution in [-0.4, -0.2) is 62.9 Å². The van der Waals surface area contributed by atoms with Gasteiger partial charge in [-0.25, -0.2) is 0 Å². The zero-order valence-corrected chi connectivity index (χ0v) is 19.8. The van der Waals surface area contributed by atoms with E-state index in [2.05, 4.69) is 22.9 Å². The van der Waals surface area contributed by atoms with Crippen LogP contribution >= 0.6 is 28.1 Å². The van der Waals surface area contributed by atoms with Crippen LogP contribution in [0.3, 0.4) is 0 Å². The molecule has 1 aromatic carbocycles. The molecule has 0 N–H and O–H groups in total. The van der Waals surface area contributed by atoms with E-state index >= 15 is 0 Å². The molecule has 0 saturated carbocycles. The molecule has 4 rings (SSSR count). The van der Waals surface area contributed by atoms with Crippen LogP contribution in [0, 0.1) is 0 Å². The molecular formula is C22H25BrN4O2S. The standard InChI is InChI=1S/C22H25BrN4O2S/c1-14-6-4-5-9-27(14)20(28)13-26-12-15(17-11-16(23)7-8-18(17)26)10-19-21(29)25(3)22(30)24(19)2/h7-8,10-12,14H,4-6,9,13H2,1-3H3/b19-10-/t14-/m0/s1. The Labute approximate surface area is 190 Å². The van der Waals surface area contributed by atoms with Crippen molar-refractivity contribution in [1.82, 2.24) is 19.3 Å². The lowest BCUT2D eigenvalue weighted by molar-refractivity contribution is -0.135. The third-order valence-electron chi connectivity index (χ3n) is 6.05. The molecule has 6 nitrogen and oxygen atoms in total. The van der Waals surface area contributed by atoms with E-state index < -0.39 is 0 Å². The maximum atomic E-state index is 13.0. The molecule has 0 spiro atoms. The van der Waals surface area contributed by atoms with Gasteiger partial charge in [-0.05, 0) is 62.7 Å². The highest BCUT2D eigenvalue weighted by Crippen LogP contribution is 2.29. The van der Waals surface area contributed by atoms with Crippen molar-refractivity contribution >= 4 is 62.1 Å². The quantitative estimate of drug-likeness (QED) is 0.486. The maximum Gasteiger partial charge on any atom is 0.276 e. The van der Waals surface area contributed by atoms with Crippen LogP contribution in [-0.2, 0) is 16.1 Å². The number of amides is 2. The molecule has 0 radical (unpaired) electrons. The van der Waals surface area contributed by atoms with Crippen LogP contribution in [0.25, 0.3) is 17.0 Å². The summed E-state index contributed by atoms with van der Waals surface area (Å²) in [5, 5.41) is 1.46. The van der Waals surface area contributed by atoms with Crippen molar-refractivity contribution in [2.45, 2.75) is 38.8 Å². The van der Waals surface area contributed by atoms with E-state index in [9.17, 15) is 9.59 Å². The number of rotatable bonds is 3. The van der Waals surface area contributed by atoms with Gasteiger partial charge in [0.05, 0.1) is 0 Å². The third kappa shape index (κ3) is 3.67. The molecule has 2 aliphatic heterocycles. The Balaban J connectivity index is 1.73. The number of fused-ring (bicyclic) bond motifs is 1. The molecule has 1 aromatic heterocycles. The minimum atomic E-state index is -0.128. The summed E-state index contributed by atoms with van der Waals surface area (Å²) < 4.78 is 2.93. The second-order valence-corrected chi connectivity index (χ2v) is 9.32. The number of piperidine rings is 1. The topological polar surface area (TPSA) is 48.8 Å². The second kappa shape index (κ2) is 8.15. The molecule has 2 aliphatic rings. The molecule has 2 fully saturated rings. The number of likely N-dealkylation sites (N-methyl/N-ethyl adjacent to an activating group) is 2. The van der Waals surface area contributed by atoms with Gasteiger partial charge in [-0.3, -0.25) is 14.5 Å². The fraction of sp³-hybridized carbons (Fsp3) is 0.409. The lowest BCUT2D eigenvalue weighted by atomic mass is 10.0. The summed E-state index contributed by atoms with van der Waals surface area (Å²) >= 11 is 8.87. The van der Waals surface area contributed by atoms with E-state index in [0.717, 1.165) is 40.3 Å². The van der Waals surface area contributed by atoms with Crippen molar-refractivity contribution in [3.05, 3.63) is 40.1 Å². The smallest absolute Gasteiger partial charge is 0.276 e. The zero-order chi connectivity index (χ0) is 21.6. The van der Waals surface area contributed by atoms with Gasteiger partial charge in [0.1, 0.15) is 12.2 Å². The van der Waals surface area contributed by atoms with Crippen molar-refractivity contribution < 1.29 is 9.59 Å². The monoisotopic (exact) mass is 488 g/mol. The number of thiocarbonyl (C=S) groups is 1. The highest BCUT2D eigenvalue weighted by molar-refractivity contribution is 9.10. The van der Waals surface area contributed by atoms with E-state index in [4.69, 9.17) is 12.2 Å². The molecule has 1 atom stereocenters. The molecule has 2 aromatic rings. The molecule has 2 amide bonds. The number of carbonyl (C=O) groups is 2. The maximum absolute atomic E-state index is 13.0. The summed E-state index contributed by atoms with van der Waals surface area (Å²) in [6, 6.07) is 6.28. The van der Waals surface area contributed by atoms with Gasteiger partial charge in [0.15, 0.2) is 5.11 Å². The lowest BCUT2D eigenvalue weighted by Gasteiger charge is -2.33. The molecule has 3 heterocycles. The van der Waals surface area contributed by atoms with Crippen LogP contribution in [0.1, 0.15) is 31.7 Å². The molecule has 0 unspecified atom stereocenters. The van der Waals surface area contributed by atoms with E-state index in [-0.39, 0.29) is 24.4 Å². The molecule has 8 heteroatoms. The van der Waals surface area contributed by atoms with Crippen molar-refractivity contribution in [2.24, 2.45) is 0 Å². The van der Waals surface area contributed by atoms with Gasteiger partial charge in [0.2, 0.25) is 5.91 Å². The Kier molecular flexibility index (Phi) is 5.72. The number of hydrogen-bond donors (Lipinski definition) is 0. The van der Waals surface area contributed by atoms with Crippen LogP contribution in [0.2, 0.25) is 0 Å². The summed E-state index contributed by atoms with van der Waals surface area (Å²) in [7, 11) is 3.48. The van der Waals surface area contributed by atoms with Crippen molar-refractivity contribution in [3.63, 3.8) is 0 Å². The van der Waals surface area contributed by atoms with Gasteiger partial charge < -0.3 is 14.4 Å². The molecule has 0 aliphatic carbocycles. The minimum Gasteiger partial charge on any atom is -0.338 e. The average molecular weight is 489 g/mol. The molecule has 30 heavy (non-hydrogen) atoms. The highest BCUT2D eigenvalue weighted by atomic mass is 79.9. The Morgan fingerprint density at radius 3 is 2.70 bits per heavy atom. The number of aromatic nitrogens is 1. The Morgan fingerprint density at radius 1 is 1.27 bits per heavy atom. The Morgan fingerprint density at radius 2 is 2.03 bits per heavy atom. The molecule has 0 bridgehead atoms. The summed E-state index contributed by atoms with van der Waals surface area (Å²) in [5.74, 6) is 0.00723. The normalized spacial score (nSPS) is 21.4. The van der Waals surface area contributed by atoms with Crippen LogP contribution in [0.5, 0.6) is 0 Å². The van der Waals surface area contributed by atoms with Crippen molar-refractivity contribution in [2.75, 3.05) is 20.6 Å². The van der Waals surface area contributed by atoms with E-state index in [1.54, 1.807) is 19.0 Å². The number of carbonyl (C=O) groups excluding carboxylic acids is 2. The molecular weight excluding hydrogens is 464 g/mol. The minimum absolute atomic E-state index is 0.128. The average Bonchev–Trinajstić information content (AvgIpc) is 3.14. The highest BCUT2D eigenvalue weighted by Gasteiger charge is 2.33. The van der Waals surface area contributed by atoms with E-state index in [0.29, 0.717) is 10.8 Å². The Hall–Kier alpha value is -2.19. The molecule has 2 saturated heterocycles. The van der Waals surface area contributed by atoms with Gasteiger partial charge in [0, 0.05) is 53.8 Å². The van der Waals surface area contributed by atoms with E-state index in [1.807, 2.05) is 39.9 Å². The van der Waals surface area contributed by atoms with Gasteiger partial charge in [0.25, 0.3) is 5.91 Å². The first kappa shape index (κ1) is 21.1. The third-order valence-corrected chi connectivity index (χ3v) is 7.10. The predicted molar refractivity (Wildman–Crippen MR) is 126 cm³/mol. The molecule has 158 valence electrons. The Bertz CT molecular complexity index is 1080. The number of benzene rings is 1. The van der Waals surface area contributed by atoms with Crippen LogP contribution in [0.15, 0.2) is 34.6 Å². The first-order valence-electron chi connectivity index (χ1n) is 10.1. The van der Waals surface area contributed by atoms with Crippen molar-refractivity contribution in [1.29, 1.82) is 0 Å². The number of likely N-dealkylation sites (tertiary alicyclic amines) is 1. The predicted octanol–water partition coefficient (Wildman–Crippen LogP) is 3.83. The second-order valence-electron chi connectivity index (χ2n) is 8.04. The van der Waals surface area contributed by atoms with Gasteiger partial charge in [-0.15, -0.1) is 0 Å². The summed E-state index contributed by atoms with van der Waals surface area (Å²) in [4.78, 5) is 30.8. The van der Waals surface area contributed by atoms with Gasteiger partial charge in [-0.2, -0.15) is 0 Å².